The molecule has 0 atom stereocenters. The van der Waals surface area contributed by atoms with Gasteiger partial charge in [0.25, 0.3) is 5.91 Å². The Bertz CT molecular complexity index is 1220. The summed E-state index contributed by atoms with van der Waals surface area (Å²) >= 11 is 1.44. The summed E-state index contributed by atoms with van der Waals surface area (Å²) in [7, 11) is 0. The fourth-order valence-corrected chi connectivity index (χ4v) is 3.53. The van der Waals surface area contributed by atoms with Crippen LogP contribution in [0.15, 0.2) is 71.6 Å². The van der Waals surface area contributed by atoms with Gasteiger partial charge >= 0.3 is 6.18 Å². The fourth-order valence-electron chi connectivity index (χ4n) is 2.98. The summed E-state index contributed by atoms with van der Waals surface area (Å²) in [4.78, 5) is 17.8. The van der Waals surface area contributed by atoms with E-state index in [2.05, 4.69) is 15.4 Å². The average molecular weight is 428 g/mol. The molecule has 2 heterocycles. The number of amides is 1. The van der Waals surface area contributed by atoms with Crippen molar-refractivity contribution in [2.24, 2.45) is 0 Å². The van der Waals surface area contributed by atoms with Crippen LogP contribution >= 0.6 is 11.8 Å². The molecule has 0 spiro atoms. The monoisotopic (exact) mass is 428 g/mol. The van der Waals surface area contributed by atoms with Gasteiger partial charge in [0.05, 0.1) is 11.4 Å². The first kappa shape index (κ1) is 20.0. The third-order valence-corrected chi connectivity index (χ3v) is 5.17. The van der Waals surface area contributed by atoms with Crippen LogP contribution in [0.5, 0.6) is 0 Å². The zero-order chi connectivity index (χ0) is 21.3. The Balaban J connectivity index is 1.78. The quantitative estimate of drug-likeness (QED) is 0.443. The van der Waals surface area contributed by atoms with Crippen molar-refractivity contribution < 1.29 is 18.0 Å². The number of anilines is 1. The summed E-state index contributed by atoms with van der Waals surface area (Å²) in [6.07, 6.45) is -2.81. The molecule has 30 heavy (non-hydrogen) atoms. The number of halogens is 3. The largest absolute Gasteiger partial charge is 0.433 e. The molecule has 0 bridgehead atoms. The van der Waals surface area contributed by atoms with Crippen molar-refractivity contribution >= 4 is 29.0 Å². The molecule has 152 valence electrons. The second-order valence-corrected chi connectivity index (χ2v) is 7.19. The third-order valence-electron chi connectivity index (χ3n) is 4.37. The first-order chi connectivity index (χ1) is 14.4. The summed E-state index contributed by atoms with van der Waals surface area (Å²) in [5, 5.41) is 6.58. The second-order valence-electron chi connectivity index (χ2n) is 6.34. The summed E-state index contributed by atoms with van der Waals surface area (Å²) in [5.74, 6) is -0.614. The van der Waals surface area contributed by atoms with Crippen molar-refractivity contribution in [2.75, 3.05) is 11.6 Å². The van der Waals surface area contributed by atoms with Gasteiger partial charge in [0.15, 0.2) is 17.0 Å². The zero-order valence-electron chi connectivity index (χ0n) is 15.6. The van der Waals surface area contributed by atoms with Crippen molar-refractivity contribution in [1.82, 2.24) is 14.6 Å². The summed E-state index contributed by atoms with van der Waals surface area (Å²) in [5.41, 5.74) is 0.0126. The number of benzene rings is 2. The number of thioether (sulfide) groups is 1. The van der Waals surface area contributed by atoms with E-state index in [0.717, 1.165) is 11.0 Å². The molecule has 0 radical (unpaired) electrons. The van der Waals surface area contributed by atoms with Gasteiger partial charge in [-0.05, 0) is 24.5 Å². The van der Waals surface area contributed by atoms with E-state index in [1.807, 2.05) is 18.4 Å². The number of nitrogens with zero attached hydrogens (tertiary/aromatic N) is 3. The van der Waals surface area contributed by atoms with Gasteiger partial charge in [-0.1, -0.05) is 42.5 Å². The predicted molar refractivity (Wildman–Crippen MR) is 110 cm³/mol. The Morgan fingerprint density at radius 2 is 1.73 bits per heavy atom. The lowest BCUT2D eigenvalue weighted by Crippen LogP contribution is -2.16. The number of para-hydroxylation sites is 1. The maximum absolute atomic E-state index is 13.7. The first-order valence-corrected chi connectivity index (χ1v) is 10.1. The van der Waals surface area contributed by atoms with E-state index in [9.17, 15) is 18.0 Å². The molecule has 1 amide bonds. The number of hydrogen-bond donors (Lipinski definition) is 1. The molecule has 0 saturated carbocycles. The molecule has 0 aliphatic heterocycles. The Kier molecular flexibility index (Phi) is 5.21. The summed E-state index contributed by atoms with van der Waals surface area (Å²) in [6, 6.07) is 17.8. The number of carbonyl (C=O) groups is 1. The molecule has 0 aliphatic carbocycles. The van der Waals surface area contributed by atoms with Gasteiger partial charge in [-0.3, -0.25) is 4.79 Å². The fraction of sp³-hybridized carbons (Fsp3) is 0.0952. The second kappa shape index (κ2) is 7.83. The number of fused-ring (bicyclic) bond motifs is 1. The molecule has 0 aliphatic rings. The molecular formula is C21H15F3N4OS. The maximum atomic E-state index is 13.7. The molecule has 2 aromatic carbocycles. The molecule has 9 heteroatoms. The molecule has 1 N–H and O–H groups in total. The van der Waals surface area contributed by atoms with Crippen molar-refractivity contribution in [2.45, 2.75) is 11.1 Å². The maximum Gasteiger partial charge on any atom is 0.433 e. The van der Waals surface area contributed by atoms with E-state index in [-0.39, 0.29) is 17.0 Å². The number of hydrogen-bond acceptors (Lipinski definition) is 4. The Morgan fingerprint density at radius 1 is 1.03 bits per heavy atom. The van der Waals surface area contributed by atoms with Gasteiger partial charge < -0.3 is 5.32 Å². The SMILES string of the molecule is CSc1ccccc1NC(=O)c1cc2nc(-c3ccccc3)cc(C(F)(F)F)n2n1. The number of nitrogens with one attached hydrogen (secondary N) is 1. The summed E-state index contributed by atoms with van der Waals surface area (Å²) < 4.78 is 41.7. The van der Waals surface area contributed by atoms with Gasteiger partial charge in [0, 0.05) is 16.5 Å². The minimum absolute atomic E-state index is 0.0630. The molecular weight excluding hydrogens is 413 g/mol. The highest BCUT2D eigenvalue weighted by atomic mass is 32.2. The van der Waals surface area contributed by atoms with Crippen LogP contribution in [-0.4, -0.2) is 26.8 Å². The van der Waals surface area contributed by atoms with Gasteiger partial charge in [-0.25, -0.2) is 9.50 Å². The molecule has 0 saturated heterocycles. The lowest BCUT2D eigenvalue weighted by Gasteiger charge is -2.11. The van der Waals surface area contributed by atoms with E-state index in [1.165, 1.54) is 17.8 Å². The topological polar surface area (TPSA) is 59.3 Å². The Morgan fingerprint density at radius 3 is 2.43 bits per heavy atom. The standard InChI is InChI=1S/C21H15F3N4OS/c1-30-17-10-6-5-9-14(17)26-20(29)16-12-19-25-15(13-7-3-2-4-8-13)11-18(21(22,23)24)28(19)27-16/h2-12H,1H3,(H,26,29). The minimum Gasteiger partial charge on any atom is -0.320 e. The van der Waals surface area contributed by atoms with Crippen molar-refractivity contribution in [3.63, 3.8) is 0 Å². The smallest absolute Gasteiger partial charge is 0.320 e. The third kappa shape index (κ3) is 3.88. The van der Waals surface area contributed by atoms with Gasteiger partial charge in [0.1, 0.15) is 0 Å². The van der Waals surface area contributed by atoms with Crippen LogP contribution in [0, 0.1) is 0 Å². The molecule has 0 fully saturated rings. The van der Waals surface area contributed by atoms with E-state index in [0.29, 0.717) is 15.8 Å². The Hall–Kier alpha value is -3.33. The van der Waals surface area contributed by atoms with Crippen LogP contribution in [-0.2, 0) is 6.18 Å². The predicted octanol–water partition coefficient (Wildman–Crippen LogP) is 5.39. The van der Waals surface area contributed by atoms with Gasteiger partial charge in [-0.15, -0.1) is 11.8 Å². The van der Waals surface area contributed by atoms with E-state index >= 15 is 0 Å². The summed E-state index contributed by atoms with van der Waals surface area (Å²) in [6.45, 7) is 0. The lowest BCUT2D eigenvalue weighted by molar-refractivity contribution is -0.142. The van der Waals surface area contributed by atoms with E-state index in [1.54, 1.807) is 42.5 Å². The highest BCUT2D eigenvalue weighted by Crippen LogP contribution is 2.32. The lowest BCUT2D eigenvalue weighted by atomic mass is 10.1. The van der Waals surface area contributed by atoms with Crippen molar-refractivity contribution in [1.29, 1.82) is 0 Å². The highest BCUT2D eigenvalue weighted by molar-refractivity contribution is 7.98. The molecule has 4 aromatic rings. The van der Waals surface area contributed by atoms with Gasteiger partial charge in [-0.2, -0.15) is 18.3 Å². The van der Waals surface area contributed by atoms with Gasteiger partial charge in [0.2, 0.25) is 0 Å². The van der Waals surface area contributed by atoms with Crippen LogP contribution in [0.3, 0.4) is 0 Å². The number of aromatic nitrogens is 3. The number of carbonyl (C=O) groups excluding carboxylic acids is 1. The Labute approximate surface area is 173 Å². The highest BCUT2D eigenvalue weighted by Gasteiger charge is 2.35. The van der Waals surface area contributed by atoms with Crippen LogP contribution < -0.4 is 5.32 Å². The molecule has 2 aromatic heterocycles. The minimum atomic E-state index is -4.67. The number of alkyl halides is 3. The van der Waals surface area contributed by atoms with Crippen molar-refractivity contribution in [3.8, 4) is 11.3 Å². The van der Waals surface area contributed by atoms with Crippen LogP contribution in [0.4, 0.5) is 18.9 Å². The molecule has 4 rings (SSSR count). The normalized spacial score (nSPS) is 11.6. The average Bonchev–Trinajstić information content (AvgIpc) is 3.17. The zero-order valence-corrected chi connectivity index (χ0v) is 16.5. The molecule has 0 unspecified atom stereocenters. The van der Waals surface area contributed by atoms with Crippen LogP contribution in [0.25, 0.3) is 16.9 Å². The van der Waals surface area contributed by atoms with E-state index < -0.39 is 17.8 Å². The van der Waals surface area contributed by atoms with Crippen LogP contribution in [0.1, 0.15) is 16.2 Å². The first-order valence-electron chi connectivity index (χ1n) is 8.84. The number of rotatable bonds is 4. The van der Waals surface area contributed by atoms with Crippen LogP contribution in [0.2, 0.25) is 0 Å². The molecule has 5 nitrogen and oxygen atoms in total. The van der Waals surface area contributed by atoms with E-state index in [4.69, 9.17) is 0 Å². The van der Waals surface area contributed by atoms with Crippen molar-refractivity contribution in [3.05, 3.63) is 78.1 Å².